The van der Waals surface area contributed by atoms with Crippen molar-refractivity contribution in [3.63, 3.8) is 0 Å². The van der Waals surface area contributed by atoms with Crippen molar-refractivity contribution >= 4 is 28.9 Å². The van der Waals surface area contributed by atoms with Crippen LogP contribution in [0.5, 0.6) is 0 Å². The molecule has 0 radical (unpaired) electrons. The van der Waals surface area contributed by atoms with Gasteiger partial charge in [0.05, 0.1) is 18.9 Å². The number of anilines is 4. The minimum absolute atomic E-state index is 0.104. The molecule has 0 unspecified atom stereocenters. The van der Waals surface area contributed by atoms with E-state index in [2.05, 4.69) is 37.6 Å². The van der Waals surface area contributed by atoms with Crippen molar-refractivity contribution in [1.82, 2.24) is 9.97 Å². The van der Waals surface area contributed by atoms with E-state index in [0.29, 0.717) is 5.95 Å². The summed E-state index contributed by atoms with van der Waals surface area (Å²) in [7, 11) is 0. The van der Waals surface area contributed by atoms with E-state index in [1.54, 1.807) is 6.20 Å². The van der Waals surface area contributed by atoms with Crippen LogP contribution in [-0.4, -0.2) is 42.2 Å². The summed E-state index contributed by atoms with van der Waals surface area (Å²) >= 11 is 0. The zero-order chi connectivity index (χ0) is 20.1. The lowest BCUT2D eigenvalue weighted by molar-refractivity contribution is -0.114. The molecule has 0 spiro atoms. The maximum Gasteiger partial charge on any atom is 0.227 e. The van der Waals surface area contributed by atoms with Gasteiger partial charge in [-0.3, -0.25) is 4.79 Å². The van der Waals surface area contributed by atoms with Gasteiger partial charge in [0, 0.05) is 48.8 Å². The zero-order valence-corrected chi connectivity index (χ0v) is 16.3. The van der Waals surface area contributed by atoms with Gasteiger partial charge in [0.2, 0.25) is 11.9 Å². The highest BCUT2D eigenvalue weighted by Gasteiger charge is 2.11. The predicted octanol–water partition coefficient (Wildman–Crippen LogP) is 3.68. The Morgan fingerprint density at radius 1 is 1.03 bits per heavy atom. The zero-order valence-electron chi connectivity index (χ0n) is 16.3. The van der Waals surface area contributed by atoms with Crippen LogP contribution < -0.4 is 15.5 Å². The molecule has 2 heterocycles. The largest absolute Gasteiger partial charge is 0.378 e. The summed E-state index contributed by atoms with van der Waals surface area (Å²) in [5.74, 6) is 0.416. The molecule has 0 aliphatic carbocycles. The van der Waals surface area contributed by atoms with Gasteiger partial charge in [-0.15, -0.1) is 0 Å². The fourth-order valence-corrected chi connectivity index (χ4v) is 3.25. The summed E-state index contributed by atoms with van der Waals surface area (Å²) in [5.41, 5.74) is 4.53. The van der Waals surface area contributed by atoms with Crippen molar-refractivity contribution in [3.05, 3.63) is 60.8 Å². The summed E-state index contributed by atoms with van der Waals surface area (Å²) in [6, 6.07) is 17.7. The van der Waals surface area contributed by atoms with E-state index >= 15 is 0 Å². The maximum absolute atomic E-state index is 11.3. The Balaban J connectivity index is 1.48. The first-order chi connectivity index (χ1) is 14.2. The topological polar surface area (TPSA) is 79.4 Å². The van der Waals surface area contributed by atoms with Crippen LogP contribution in [0.2, 0.25) is 0 Å². The Hall–Kier alpha value is -3.45. The second-order valence-electron chi connectivity index (χ2n) is 6.80. The summed E-state index contributed by atoms with van der Waals surface area (Å²) in [4.78, 5) is 22.5. The number of aromatic nitrogens is 2. The van der Waals surface area contributed by atoms with E-state index in [4.69, 9.17) is 4.74 Å². The first-order valence-corrected chi connectivity index (χ1v) is 9.58. The second kappa shape index (κ2) is 8.70. The molecule has 0 atom stereocenters. The van der Waals surface area contributed by atoms with Crippen LogP contribution in [0.25, 0.3) is 11.3 Å². The molecule has 2 aromatic carbocycles. The molecule has 1 aliphatic rings. The number of benzene rings is 2. The average Bonchev–Trinajstić information content (AvgIpc) is 2.75. The smallest absolute Gasteiger partial charge is 0.227 e. The molecule has 148 valence electrons. The molecule has 0 saturated carbocycles. The molecule has 29 heavy (non-hydrogen) atoms. The van der Waals surface area contributed by atoms with Gasteiger partial charge in [-0.05, 0) is 42.5 Å². The van der Waals surface area contributed by atoms with Crippen molar-refractivity contribution in [3.8, 4) is 11.3 Å². The maximum atomic E-state index is 11.3. The number of nitrogens with one attached hydrogen (secondary N) is 2. The van der Waals surface area contributed by atoms with Gasteiger partial charge in [-0.25, -0.2) is 9.97 Å². The van der Waals surface area contributed by atoms with E-state index < -0.39 is 0 Å². The number of carbonyl (C=O) groups excluding carboxylic acids is 1. The highest BCUT2D eigenvalue weighted by Crippen LogP contribution is 2.24. The number of rotatable bonds is 5. The number of ether oxygens (including phenoxy) is 1. The molecule has 1 aliphatic heterocycles. The van der Waals surface area contributed by atoms with E-state index in [1.807, 2.05) is 42.5 Å². The number of hydrogen-bond acceptors (Lipinski definition) is 6. The van der Waals surface area contributed by atoms with Crippen LogP contribution in [0.1, 0.15) is 6.92 Å². The highest BCUT2D eigenvalue weighted by atomic mass is 16.5. The van der Waals surface area contributed by atoms with Crippen molar-refractivity contribution in [2.75, 3.05) is 41.8 Å². The molecule has 7 nitrogen and oxygen atoms in total. The van der Waals surface area contributed by atoms with Crippen LogP contribution >= 0.6 is 0 Å². The molecule has 4 rings (SSSR count). The van der Waals surface area contributed by atoms with Crippen LogP contribution in [0.4, 0.5) is 23.0 Å². The Labute approximate surface area is 169 Å². The molecule has 1 fully saturated rings. The number of amides is 1. The van der Waals surface area contributed by atoms with Crippen molar-refractivity contribution in [2.24, 2.45) is 0 Å². The van der Waals surface area contributed by atoms with Crippen LogP contribution in [0.3, 0.4) is 0 Å². The van der Waals surface area contributed by atoms with E-state index in [-0.39, 0.29) is 5.91 Å². The minimum atomic E-state index is -0.104. The molecular weight excluding hydrogens is 366 g/mol. The highest BCUT2D eigenvalue weighted by molar-refractivity contribution is 5.89. The third-order valence-corrected chi connectivity index (χ3v) is 4.63. The Morgan fingerprint density at radius 2 is 1.83 bits per heavy atom. The normalized spacial score (nSPS) is 13.8. The van der Waals surface area contributed by atoms with Crippen LogP contribution in [-0.2, 0) is 9.53 Å². The van der Waals surface area contributed by atoms with Gasteiger partial charge < -0.3 is 20.3 Å². The second-order valence-corrected chi connectivity index (χ2v) is 6.80. The van der Waals surface area contributed by atoms with Gasteiger partial charge in [-0.1, -0.05) is 12.1 Å². The van der Waals surface area contributed by atoms with E-state index in [0.717, 1.165) is 48.9 Å². The van der Waals surface area contributed by atoms with Crippen molar-refractivity contribution < 1.29 is 9.53 Å². The first kappa shape index (κ1) is 18.9. The monoisotopic (exact) mass is 389 g/mol. The Morgan fingerprint density at radius 3 is 2.59 bits per heavy atom. The van der Waals surface area contributed by atoms with Crippen LogP contribution in [0.15, 0.2) is 60.8 Å². The number of hydrogen-bond donors (Lipinski definition) is 2. The fraction of sp³-hybridized carbons (Fsp3) is 0.227. The molecule has 0 bridgehead atoms. The first-order valence-electron chi connectivity index (χ1n) is 9.58. The lowest BCUT2D eigenvalue weighted by Gasteiger charge is -2.28. The standard InChI is InChI=1S/C22H23N5O2/c1-16(28)24-19-4-2-3-17(15-19)21-9-10-23-22(26-21)25-18-5-7-20(8-6-18)27-11-13-29-14-12-27/h2-10,15H,11-14H2,1H3,(H,24,28)(H,23,25,26). The van der Waals surface area contributed by atoms with Crippen molar-refractivity contribution in [2.45, 2.75) is 6.92 Å². The lowest BCUT2D eigenvalue weighted by atomic mass is 10.1. The third kappa shape index (κ3) is 4.89. The molecule has 7 heteroatoms. The SMILES string of the molecule is CC(=O)Nc1cccc(-c2ccnc(Nc3ccc(N4CCOCC4)cc3)n2)c1. The number of nitrogens with zero attached hydrogens (tertiary/aromatic N) is 3. The third-order valence-electron chi connectivity index (χ3n) is 4.63. The van der Waals surface area contributed by atoms with Gasteiger partial charge in [0.1, 0.15) is 0 Å². The molecule has 3 aromatic rings. The minimum Gasteiger partial charge on any atom is -0.378 e. The van der Waals surface area contributed by atoms with Gasteiger partial charge >= 0.3 is 0 Å². The molecular formula is C22H23N5O2. The summed E-state index contributed by atoms with van der Waals surface area (Å²) < 4.78 is 5.41. The quantitative estimate of drug-likeness (QED) is 0.693. The van der Waals surface area contributed by atoms with Crippen LogP contribution in [0, 0.1) is 0 Å². The molecule has 1 aromatic heterocycles. The van der Waals surface area contributed by atoms with E-state index in [1.165, 1.54) is 12.6 Å². The number of morpholine rings is 1. The summed E-state index contributed by atoms with van der Waals surface area (Å²) in [6.07, 6.45) is 1.72. The van der Waals surface area contributed by atoms with Gasteiger partial charge in [0.25, 0.3) is 0 Å². The predicted molar refractivity (Wildman–Crippen MR) is 115 cm³/mol. The van der Waals surface area contributed by atoms with Gasteiger partial charge in [0.15, 0.2) is 0 Å². The summed E-state index contributed by atoms with van der Waals surface area (Å²) in [5, 5.41) is 6.05. The summed E-state index contributed by atoms with van der Waals surface area (Å²) in [6.45, 7) is 4.85. The molecule has 2 N–H and O–H groups in total. The Kier molecular flexibility index (Phi) is 5.67. The lowest BCUT2D eigenvalue weighted by Crippen LogP contribution is -2.36. The van der Waals surface area contributed by atoms with Gasteiger partial charge in [-0.2, -0.15) is 0 Å². The molecule has 1 amide bonds. The molecule has 1 saturated heterocycles. The van der Waals surface area contributed by atoms with Crippen molar-refractivity contribution in [1.29, 1.82) is 0 Å². The Bertz CT molecular complexity index is 985. The number of carbonyl (C=O) groups is 1. The fourth-order valence-electron chi connectivity index (χ4n) is 3.25. The van der Waals surface area contributed by atoms with E-state index in [9.17, 15) is 4.79 Å². The average molecular weight is 389 g/mol.